The van der Waals surface area contributed by atoms with Crippen molar-refractivity contribution in [1.29, 1.82) is 0 Å². The third-order valence-electron chi connectivity index (χ3n) is 1.86. The van der Waals surface area contributed by atoms with Crippen molar-refractivity contribution >= 4 is 31.9 Å². The number of sulfonamides is 1. The van der Waals surface area contributed by atoms with Gasteiger partial charge in [-0.3, -0.25) is 0 Å². The van der Waals surface area contributed by atoms with Crippen molar-refractivity contribution in [2.75, 3.05) is 6.54 Å². The van der Waals surface area contributed by atoms with Crippen molar-refractivity contribution < 1.29 is 22.7 Å². The molecule has 0 saturated heterocycles. The highest BCUT2D eigenvalue weighted by molar-refractivity contribution is 9.10. The number of carboxylic acids is 1. The summed E-state index contributed by atoms with van der Waals surface area (Å²) in [5.74, 6) is -2.81. The molecule has 0 spiro atoms. The van der Waals surface area contributed by atoms with Gasteiger partial charge in [0.1, 0.15) is 4.90 Å². The van der Waals surface area contributed by atoms with Gasteiger partial charge in [0, 0.05) is 11.0 Å². The lowest BCUT2D eigenvalue weighted by Crippen LogP contribution is -2.25. The Kier molecular flexibility index (Phi) is 4.23. The van der Waals surface area contributed by atoms with Gasteiger partial charge in [-0.1, -0.05) is 22.9 Å². The first-order chi connectivity index (χ1) is 7.79. The summed E-state index contributed by atoms with van der Waals surface area (Å²) in [5.41, 5.74) is -0.698. The number of rotatable bonds is 4. The van der Waals surface area contributed by atoms with Gasteiger partial charge in [0.05, 0.1) is 5.56 Å². The fraction of sp³-hybridized carbons (Fsp3) is 0.222. The lowest BCUT2D eigenvalue weighted by molar-refractivity contribution is 0.0691. The van der Waals surface area contributed by atoms with Crippen LogP contribution in [-0.4, -0.2) is 26.0 Å². The molecule has 1 rings (SSSR count). The molecule has 1 aromatic rings. The van der Waals surface area contributed by atoms with E-state index in [1.54, 1.807) is 0 Å². The van der Waals surface area contributed by atoms with E-state index in [1.165, 1.54) is 6.92 Å². The molecule has 0 aliphatic heterocycles. The molecule has 0 unspecified atom stereocenters. The van der Waals surface area contributed by atoms with Gasteiger partial charge in [0.25, 0.3) is 0 Å². The van der Waals surface area contributed by atoms with Gasteiger partial charge in [-0.05, 0) is 12.1 Å². The predicted molar refractivity (Wildman–Crippen MR) is 61.9 cm³/mol. The van der Waals surface area contributed by atoms with Gasteiger partial charge in [-0.25, -0.2) is 22.3 Å². The second-order valence-electron chi connectivity index (χ2n) is 3.07. The number of hydrogen-bond donors (Lipinski definition) is 2. The van der Waals surface area contributed by atoms with Crippen LogP contribution in [0.3, 0.4) is 0 Å². The van der Waals surface area contributed by atoms with Gasteiger partial charge < -0.3 is 5.11 Å². The van der Waals surface area contributed by atoms with Crippen LogP contribution in [0.1, 0.15) is 17.3 Å². The van der Waals surface area contributed by atoms with Crippen molar-refractivity contribution in [1.82, 2.24) is 4.72 Å². The minimum atomic E-state index is -4.04. The molecule has 0 atom stereocenters. The molecule has 0 saturated carbocycles. The van der Waals surface area contributed by atoms with Crippen LogP contribution in [0.2, 0.25) is 0 Å². The second-order valence-corrected chi connectivity index (χ2v) is 5.72. The lowest BCUT2D eigenvalue weighted by Gasteiger charge is -2.08. The number of hydrogen-bond acceptors (Lipinski definition) is 3. The monoisotopic (exact) mass is 325 g/mol. The van der Waals surface area contributed by atoms with E-state index in [0.717, 1.165) is 12.1 Å². The maximum absolute atomic E-state index is 13.7. The van der Waals surface area contributed by atoms with Crippen LogP contribution in [-0.2, 0) is 10.0 Å². The molecule has 8 heteroatoms. The van der Waals surface area contributed by atoms with Crippen molar-refractivity contribution in [3.05, 3.63) is 28.0 Å². The number of benzene rings is 1. The zero-order valence-electron chi connectivity index (χ0n) is 8.70. The Labute approximate surface area is 106 Å². The van der Waals surface area contributed by atoms with Crippen LogP contribution in [0.15, 0.2) is 21.5 Å². The van der Waals surface area contributed by atoms with E-state index in [2.05, 4.69) is 20.7 Å². The van der Waals surface area contributed by atoms with Crippen LogP contribution in [0.4, 0.5) is 4.39 Å². The second kappa shape index (κ2) is 5.11. The SMILES string of the molecule is CCNS(=O)(=O)c1cc(Br)cc(C(=O)O)c1F. The number of aromatic carboxylic acids is 1. The van der Waals surface area contributed by atoms with Crippen molar-refractivity contribution in [2.45, 2.75) is 11.8 Å². The largest absolute Gasteiger partial charge is 0.478 e. The molecule has 0 aromatic heterocycles. The average molecular weight is 326 g/mol. The van der Waals surface area contributed by atoms with E-state index in [1.807, 2.05) is 0 Å². The topological polar surface area (TPSA) is 83.5 Å². The molecule has 17 heavy (non-hydrogen) atoms. The van der Waals surface area contributed by atoms with Gasteiger partial charge in [-0.2, -0.15) is 0 Å². The van der Waals surface area contributed by atoms with Gasteiger partial charge in [0.15, 0.2) is 5.82 Å². The smallest absolute Gasteiger partial charge is 0.338 e. The maximum Gasteiger partial charge on any atom is 0.338 e. The minimum Gasteiger partial charge on any atom is -0.478 e. The molecule has 0 heterocycles. The summed E-state index contributed by atoms with van der Waals surface area (Å²) >= 11 is 2.94. The third-order valence-corrected chi connectivity index (χ3v) is 3.86. The molecular formula is C9H9BrFNO4S. The molecule has 0 bridgehead atoms. The molecule has 0 aliphatic carbocycles. The molecule has 0 radical (unpaired) electrons. The normalized spacial score (nSPS) is 11.5. The zero-order chi connectivity index (χ0) is 13.2. The summed E-state index contributed by atoms with van der Waals surface area (Å²) in [5, 5.41) is 8.73. The van der Waals surface area contributed by atoms with Crippen LogP contribution in [0.5, 0.6) is 0 Å². The molecular weight excluding hydrogens is 317 g/mol. The van der Waals surface area contributed by atoms with Crippen LogP contribution < -0.4 is 4.72 Å². The van der Waals surface area contributed by atoms with E-state index < -0.39 is 32.3 Å². The average Bonchev–Trinajstić information content (AvgIpc) is 2.20. The number of carbonyl (C=O) groups is 1. The first-order valence-electron chi connectivity index (χ1n) is 4.51. The summed E-state index contributed by atoms with van der Waals surface area (Å²) in [7, 11) is -4.04. The Morgan fingerprint density at radius 3 is 2.59 bits per heavy atom. The predicted octanol–water partition coefficient (Wildman–Crippen LogP) is 1.58. The summed E-state index contributed by atoms with van der Waals surface area (Å²) in [4.78, 5) is 10.0. The quantitative estimate of drug-likeness (QED) is 0.880. The van der Waals surface area contributed by atoms with Gasteiger partial charge >= 0.3 is 5.97 Å². The van der Waals surface area contributed by atoms with E-state index in [9.17, 15) is 17.6 Å². The third kappa shape index (κ3) is 3.02. The summed E-state index contributed by atoms with van der Waals surface area (Å²) in [6, 6.07) is 2.02. The first kappa shape index (κ1) is 14.1. The van der Waals surface area contributed by atoms with E-state index in [-0.39, 0.29) is 11.0 Å². The molecule has 0 fully saturated rings. The summed E-state index contributed by atoms with van der Waals surface area (Å²) in [6.45, 7) is 1.61. The van der Waals surface area contributed by atoms with E-state index in [0.29, 0.717) is 0 Å². The van der Waals surface area contributed by atoms with Crippen LogP contribution >= 0.6 is 15.9 Å². The Balaban J connectivity index is 3.50. The molecule has 0 aliphatic rings. The van der Waals surface area contributed by atoms with E-state index >= 15 is 0 Å². The summed E-state index contributed by atoms with van der Waals surface area (Å²) in [6.07, 6.45) is 0. The van der Waals surface area contributed by atoms with Gasteiger partial charge in [-0.15, -0.1) is 0 Å². The number of halogens is 2. The number of nitrogens with one attached hydrogen (secondary N) is 1. The highest BCUT2D eigenvalue weighted by Gasteiger charge is 2.24. The molecule has 5 nitrogen and oxygen atoms in total. The highest BCUT2D eigenvalue weighted by atomic mass is 79.9. The Hall–Kier alpha value is -0.990. The fourth-order valence-electron chi connectivity index (χ4n) is 1.18. The van der Waals surface area contributed by atoms with Crippen LogP contribution in [0.25, 0.3) is 0 Å². The maximum atomic E-state index is 13.7. The summed E-state index contributed by atoms with van der Waals surface area (Å²) < 4.78 is 39.2. The molecule has 2 N–H and O–H groups in total. The standard InChI is InChI=1S/C9H9BrFNO4S/c1-2-12-17(15,16)7-4-5(10)3-6(8(7)11)9(13)14/h3-4,12H,2H2,1H3,(H,13,14). The van der Waals surface area contributed by atoms with Crippen molar-refractivity contribution in [2.24, 2.45) is 0 Å². The van der Waals surface area contributed by atoms with Crippen molar-refractivity contribution in [3.63, 3.8) is 0 Å². The van der Waals surface area contributed by atoms with Crippen molar-refractivity contribution in [3.8, 4) is 0 Å². The minimum absolute atomic E-state index is 0.0801. The number of carboxylic acid groups (broad SMARTS) is 1. The Bertz CT molecular complexity index is 558. The molecule has 1 aromatic carbocycles. The first-order valence-corrected chi connectivity index (χ1v) is 6.79. The lowest BCUT2D eigenvalue weighted by atomic mass is 10.2. The Morgan fingerprint density at radius 1 is 1.53 bits per heavy atom. The molecule has 94 valence electrons. The van der Waals surface area contributed by atoms with Gasteiger partial charge in [0.2, 0.25) is 10.0 Å². The molecule has 0 amide bonds. The van der Waals surface area contributed by atoms with E-state index in [4.69, 9.17) is 5.11 Å². The fourth-order valence-corrected chi connectivity index (χ4v) is 2.96. The zero-order valence-corrected chi connectivity index (χ0v) is 11.1. The van der Waals surface area contributed by atoms with Crippen LogP contribution in [0, 0.1) is 5.82 Å². The highest BCUT2D eigenvalue weighted by Crippen LogP contribution is 2.24. The Morgan fingerprint density at radius 2 is 2.12 bits per heavy atom.